The summed E-state index contributed by atoms with van der Waals surface area (Å²) in [6.45, 7) is 0. The number of nitrogens with zero attached hydrogens (tertiary/aromatic N) is 4. The normalized spacial score (nSPS) is 31.3. The number of fused-ring (bicyclic) bond motifs is 4. The molecule has 1 fully saturated rings. The minimum atomic E-state index is -1.60. The van der Waals surface area contributed by atoms with Gasteiger partial charge in [0.15, 0.2) is 5.41 Å². The number of nitriles is 3. The minimum Gasteiger partial charge on any atom is -0.399 e. The third kappa shape index (κ3) is 2.25. The SMILES string of the molecule is CN1[C@H]2C=C3C(C#N)=C(N)C(C#N)(C#N)[C@@H](c4cccc(Cl)c4)[C@H]3[C@@H]1CC2. The summed E-state index contributed by atoms with van der Waals surface area (Å²) in [4.78, 5) is 2.29. The predicted octanol–water partition coefficient (Wildman–Crippen LogP) is 3.23. The summed E-state index contributed by atoms with van der Waals surface area (Å²) >= 11 is 6.23. The first-order chi connectivity index (χ1) is 13.0. The fraction of sp³-hybridized carbons (Fsp3) is 0.381. The molecular formula is C21H18ClN5. The van der Waals surface area contributed by atoms with E-state index >= 15 is 0 Å². The third-order valence-electron chi connectivity index (χ3n) is 6.43. The van der Waals surface area contributed by atoms with Crippen molar-refractivity contribution in [2.45, 2.75) is 30.8 Å². The second-order valence-electron chi connectivity index (χ2n) is 7.49. The van der Waals surface area contributed by atoms with Crippen molar-refractivity contribution in [1.82, 2.24) is 4.90 Å². The topological polar surface area (TPSA) is 101 Å². The Hall–Kier alpha value is -2.78. The molecule has 2 heterocycles. The van der Waals surface area contributed by atoms with Gasteiger partial charge in [-0.2, -0.15) is 15.8 Å². The van der Waals surface area contributed by atoms with Crippen molar-refractivity contribution in [2.75, 3.05) is 7.05 Å². The van der Waals surface area contributed by atoms with Gasteiger partial charge in [0, 0.05) is 28.9 Å². The molecule has 2 N–H and O–H groups in total. The van der Waals surface area contributed by atoms with Crippen LogP contribution in [0, 0.1) is 45.3 Å². The van der Waals surface area contributed by atoms with Gasteiger partial charge in [0.2, 0.25) is 0 Å². The van der Waals surface area contributed by atoms with Gasteiger partial charge in [-0.05, 0) is 43.2 Å². The number of allylic oxidation sites excluding steroid dienone is 2. The zero-order chi connectivity index (χ0) is 19.3. The van der Waals surface area contributed by atoms with Crippen molar-refractivity contribution in [3.63, 3.8) is 0 Å². The molecule has 1 aliphatic carbocycles. The summed E-state index contributed by atoms with van der Waals surface area (Å²) in [6.07, 6.45) is 4.05. The van der Waals surface area contributed by atoms with E-state index in [9.17, 15) is 15.8 Å². The van der Waals surface area contributed by atoms with Crippen LogP contribution in [0.2, 0.25) is 5.02 Å². The highest BCUT2D eigenvalue weighted by Crippen LogP contribution is 2.58. The molecule has 5 nitrogen and oxygen atoms in total. The van der Waals surface area contributed by atoms with Gasteiger partial charge in [0.05, 0.1) is 23.4 Å². The summed E-state index contributed by atoms with van der Waals surface area (Å²) in [5.41, 5.74) is 6.78. The van der Waals surface area contributed by atoms with Gasteiger partial charge < -0.3 is 5.73 Å². The Labute approximate surface area is 163 Å². The third-order valence-corrected chi connectivity index (χ3v) is 6.67. The van der Waals surface area contributed by atoms with E-state index in [1.165, 1.54) is 0 Å². The van der Waals surface area contributed by atoms with Gasteiger partial charge in [-0.3, -0.25) is 4.90 Å². The molecule has 1 aromatic rings. The lowest BCUT2D eigenvalue weighted by molar-refractivity contribution is 0.160. The lowest BCUT2D eigenvalue weighted by Crippen LogP contribution is -2.51. The van der Waals surface area contributed by atoms with Gasteiger partial charge >= 0.3 is 0 Å². The van der Waals surface area contributed by atoms with E-state index < -0.39 is 11.3 Å². The zero-order valence-corrected chi connectivity index (χ0v) is 15.6. The van der Waals surface area contributed by atoms with Crippen LogP contribution in [0.4, 0.5) is 0 Å². The molecule has 0 saturated carbocycles. The Morgan fingerprint density at radius 3 is 2.59 bits per heavy atom. The molecule has 6 heteroatoms. The van der Waals surface area contributed by atoms with Crippen LogP contribution in [-0.2, 0) is 0 Å². The summed E-state index contributed by atoms with van der Waals surface area (Å²) < 4.78 is 0. The maximum atomic E-state index is 10.1. The molecule has 0 spiro atoms. The Kier molecular flexibility index (Phi) is 4.01. The van der Waals surface area contributed by atoms with Gasteiger partial charge in [0.1, 0.15) is 6.07 Å². The summed E-state index contributed by atoms with van der Waals surface area (Å²) in [5.74, 6) is -0.644. The second kappa shape index (κ2) is 6.14. The molecule has 1 saturated heterocycles. The molecule has 0 radical (unpaired) electrons. The zero-order valence-electron chi connectivity index (χ0n) is 14.9. The van der Waals surface area contributed by atoms with Crippen molar-refractivity contribution in [3.8, 4) is 18.2 Å². The molecule has 27 heavy (non-hydrogen) atoms. The fourth-order valence-electron chi connectivity index (χ4n) is 5.16. The second-order valence-corrected chi connectivity index (χ2v) is 7.93. The van der Waals surface area contributed by atoms with Crippen LogP contribution < -0.4 is 5.73 Å². The Morgan fingerprint density at radius 1 is 1.22 bits per heavy atom. The number of likely N-dealkylation sites (N-methyl/N-ethyl adjacent to an activating group) is 1. The summed E-state index contributed by atoms with van der Waals surface area (Å²) in [5, 5.41) is 30.5. The highest BCUT2D eigenvalue weighted by atomic mass is 35.5. The minimum absolute atomic E-state index is 0.0615. The van der Waals surface area contributed by atoms with Gasteiger partial charge in [0.25, 0.3) is 0 Å². The highest BCUT2D eigenvalue weighted by molar-refractivity contribution is 6.30. The van der Waals surface area contributed by atoms with Gasteiger partial charge in [-0.1, -0.05) is 29.8 Å². The molecular weight excluding hydrogens is 358 g/mol. The first kappa shape index (κ1) is 17.6. The Bertz CT molecular complexity index is 989. The standard InChI is InChI=1S/C21H18ClN5/c1-27-14-5-6-17(27)18-15(8-14)16(9-23)20(26)21(10-24,11-25)19(18)12-3-2-4-13(22)7-12/h2-4,7-8,14,17-19H,5-6,26H2,1H3/t14-,17+,18-,19+/m1/s1. The van der Waals surface area contributed by atoms with Crippen LogP contribution >= 0.6 is 11.6 Å². The quantitative estimate of drug-likeness (QED) is 0.812. The molecule has 3 aliphatic rings. The molecule has 0 unspecified atom stereocenters. The van der Waals surface area contributed by atoms with Crippen molar-refractivity contribution < 1.29 is 0 Å². The van der Waals surface area contributed by atoms with Crippen molar-refractivity contribution in [3.05, 3.63) is 57.8 Å². The van der Waals surface area contributed by atoms with Crippen LogP contribution in [0.3, 0.4) is 0 Å². The van der Waals surface area contributed by atoms with Crippen LogP contribution in [0.5, 0.6) is 0 Å². The first-order valence-corrected chi connectivity index (χ1v) is 9.28. The maximum absolute atomic E-state index is 10.1. The molecule has 0 aromatic heterocycles. The number of nitrogens with two attached hydrogens (primary N) is 1. The number of hydrogen-bond acceptors (Lipinski definition) is 5. The van der Waals surface area contributed by atoms with Crippen LogP contribution in [0.25, 0.3) is 0 Å². The van der Waals surface area contributed by atoms with Crippen LogP contribution in [0.15, 0.2) is 47.2 Å². The average Bonchev–Trinajstić information content (AvgIpc) is 2.90. The monoisotopic (exact) mass is 375 g/mol. The predicted molar refractivity (Wildman–Crippen MR) is 101 cm³/mol. The van der Waals surface area contributed by atoms with Crippen LogP contribution in [0.1, 0.15) is 24.3 Å². The number of hydrogen-bond donors (Lipinski definition) is 1. The van der Waals surface area contributed by atoms with Gasteiger partial charge in [-0.25, -0.2) is 0 Å². The lowest BCUT2D eigenvalue weighted by Gasteiger charge is -2.48. The first-order valence-electron chi connectivity index (χ1n) is 8.90. The average molecular weight is 376 g/mol. The number of benzene rings is 1. The van der Waals surface area contributed by atoms with E-state index in [4.69, 9.17) is 17.3 Å². The molecule has 4 rings (SSSR count). The van der Waals surface area contributed by atoms with E-state index in [-0.39, 0.29) is 23.7 Å². The number of rotatable bonds is 1. The van der Waals surface area contributed by atoms with Crippen molar-refractivity contribution >= 4 is 11.6 Å². The molecule has 4 atom stereocenters. The van der Waals surface area contributed by atoms with Crippen LogP contribution in [-0.4, -0.2) is 24.0 Å². The molecule has 134 valence electrons. The van der Waals surface area contributed by atoms with Gasteiger partial charge in [-0.15, -0.1) is 0 Å². The van der Waals surface area contributed by atoms with E-state index in [1.54, 1.807) is 12.1 Å². The summed E-state index contributed by atoms with van der Waals surface area (Å²) in [6, 6.07) is 14.2. The largest absolute Gasteiger partial charge is 0.399 e. The molecule has 0 amide bonds. The van der Waals surface area contributed by atoms with Crippen molar-refractivity contribution in [2.24, 2.45) is 17.1 Å². The Morgan fingerprint density at radius 2 is 1.96 bits per heavy atom. The van der Waals surface area contributed by atoms with E-state index in [1.807, 2.05) is 12.1 Å². The smallest absolute Gasteiger partial charge is 0.191 e. The molecule has 2 bridgehead atoms. The van der Waals surface area contributed by atoms with Crippen molar-refractivity contribution in [1.29, 1.82) is 15.8 Å². The number of halogens is 1. The Balaban J connectivity index is 2.06. The van der Waals surface area contributed by atoms with E-state index in [0.29, 0.717) is 10.6 Å². The van der Waals surface area contributed by atoms with E-state index in [0.717, 1.165) is 24.0 Å². The highest BCUT2D eigenvalue weighted by Gasteiger charge is 2.58. The maximum Gasteiger partial charge on any atom is 0.191 e. The molecule has 1 aromatic carbocycles. The lowest BCUT2D eigenvalue weighted by atomic mass is 9.56. The summed E-state index contributed by atoms with van der Waals surface area (Å²) in [7, 11) is 2.07. The molecule has 2 aliphatic heterocycles. The van der Waals surface area contributed by atoms with E-state index in [2.05, 4.69) is 36.2 Å². The fourth-order valence-corrected chi connectivity index (χ4v) is 5.36.